The molecule has 3 rings (SSSR count). The Labute approximate surface area is 151 Å². The summed E-state index contributed by atoms with van der Waals surface area (Å²) < 4.78 is 6.28. The lowest BCUT2D eigenvalue weighted by Gasteiger charge is -2.17. The van der Waals surface area contributed by atoms with Crippen LogP contribution in [0.4, 0.5) is 5.69 Å². The predicted octanol–water partition coefficient (Wildman–Crippen LogP) is 4.85. The Morgan fingerprint density at radius 2 is 2.00 bits per heavy atom. The Morgan fingerprint density at radius 3 is 2.71 bits per heavy atom. The maximum absolute atomic E-state index is 12.0. The van der Waals surface area contributed by atoms with E-state index in [1.54, 1.807) is 12.1 Å². The summed E-state index contributed by atoms with van der Waals surface area (Å²) in [6, 6.07) is 13.8. The Hall–Kier alpha value is -2.22. The number of hydrogen-bond acceptors (Lipinski definition) is 4. The second kappa shape index (κ2) is 6.72. The molecule has 0 saturated heterocycles. The number of fused-ring (bicyclic) bond motifs is 1. The van der Waals surface area contributed by atoms with E-state index in [1.165, 1.54) is 12.1 Å². The van der Waals surface area contributed by atoms with Crippen molar-refractivity contribution in [3.63, 3.8) is 0 Å². The molecule has 122 valence electrons. The van der Waals surface area contributed by atoms with Gasteiger partial charge in [-0.05, 0) is 58.3 Å². The molecule has 2 aromatic carbocycles. The Morgan fingerprint density at radius 1 is 1.21 bits per heavy atom. The fourth-order valence-electron chi connectivity index (χ4n) is 2.94. The minimum Gasteiger partial charge on any atom is -0.423 e. The predicted molar refractivity (Wildman–Crippen MR) is 100 cm³/mol. The van der Waals surface area contributed by atoms with Gasteiger partial charge in [-0.15, -0.1) is 0 Å². The second-order valence-corrected chi connectivity index (χ2v) is 6.72. The number of rotatable bonds is 4. The summed E-state index contributed by atoms with van der Waals surface area (Å²) in [5.41, 5.74) is 1.82. The maximum atomic E-state index is 12.0. The van der Waals surface area contributed by atoms with E-state index in [0.717, 1.165) is 20.1 Å². The van der Waals surface area contributed by atoms with Gasteiger partial charge in [0.1, 0.15) is 5.58 Å². The number of halogens is 1. The minimum absolute atomic E-state index is 0.0489. The molecule has 5 nitrogen and oxygen atoms in total. The molecule has 0 amide bonds. The Balaban J connectivity index is 2.22. The number of hydrogen-bond donors (Lipinski definition) is 0. The lowest BCUT2D eigenvalue weighted by Crippen LogP contribution is -2.07. The van der Waals surface area contributed by atoms with Crippen LogP contribution in [0.2, 0.25) is 0 Å². The van der Waals surface area contributed by atoms with Crippen LogP contribution in [0.1, 0.15) is 30.4 Å². The molecule has 0 N–H and O–H groups in total. The van der Waals surface area contributed by atoms with Crippen molar-refractivity contribution in [2.45, 2.75) is 19.3 Å². The topological polar surface area (TPSA) is 73.3 Å². The largest absolute Gasteiger partial charge is 0.423 e. The molecule has 6 heteroatoms. The first-order valence-electron chi connectivity index (χ1n) is 7.47. The summed E-state index contributed by atoms with van der Waals surface area (Å²) in [5, 5.41) is 11.9. The van der Waals surface area contributed by atoms with Gasteiger partial charge in [0.2, 0.25) is 0 Å². The molecule has 1 unspecified atom stereocenters. The third kappa shape index (κ3) is 3.19. The average molecular weight is 435 g/mol. The van der Waals surface area contributed by atoms with Gasteiger partial charge in [-0.25, -0.2) is 4.79 Å². The van der Waals surface area contributed by atoms with E-state index in [2.05, 4.69) is 22.6 Å². The van der Waals surface area contributed by atoms with Crippen molar-refractivity contribution in [3.8, 4) is 0 Å². The number of benzene rings is 2. The van der Waals surface area contributed by atoms with Gasteiger partial charge in [0.25, 0.3) is 5.69 Å². The van der Waals surface area contributed by atoms with Crippen LogP contribution < -0.4 is 5.63 Å². The van der Waals surface area contributed by atoms with Crippen molar-refractivity contribution in [1.29, 1.82) is 0 Å². The Kier molecular flexibility index (Phi) is 4.66. The van der Waals surface area contributed by atoms with Crippen LogP contribution in [0.5, 0.6) is 0 Å². The number of nitrogens with zero attached hydrogens (tertiary/aromatic N) is 1. The molecule has 0 bridgehead atoms. The highest BCUT2D eigenvalue weighted by molar-refractivity contribution is 14.1. The van der Waals surface area contributed by atoms with Crippen molar-refractivity contribution in [3.05, 3.63) is 83.8 Å². The molecule has 0 aliphatic rings. The highest BCUT2D eigenvalue weighted by atomic mass is 127. The summed E-state index contributed by atoms with van der Waals surface area (Å²) in [6.07, 6.45) is 0.714. The highest BCUT2D eigenvalue weighted by Crippen LogP contribution is 2.34. The normalized spacial score (nSPS) is 12.2. The molecule has 0 saturated carbocycles. The third-order valence-electron chi connectivity index (χ3n) is 4.01. The maximum Gasteiger partial charge on any atom is 0.336 e. The van der Waals surface area contributed by atoms with E-state index in [4.69, 9.17) is 4.42 Å². The van der Waals surface area contributed by atoms with Crippen molar-refractivity contribution >= 4 is 39.2 Å². The monoisotopic (exact) mass is 435 g/mol. The SMILES string of the molecule is CCC(c1cccc([N+](=O)[O-])c1)c1cc(=O)oc2cc(I)ccc12. The van der Waals surface area contributed by atoms with Gasteiger partial charge in [-0.3, -0.25) is 10.1 Å². The fourth-order valence-corrected chi connectivity index (χ4v) is 3.40. The van der Waals surface area contributed by atoms with Gasteiger partial charge in [0.05, 0.1) is 4.92 Å². The average Bonchev–Trinajstić information content (AvgIpc) is 2.55. The molecule has 0 fully saturated rings. The van der Waals surface area contributed by atoms with Crippen LogP contribution in [-0.4, -0.2) is 4.92 Å². The van der Waals surface area contributed by atoms with Crippen LogP contribution in [0, 0.1) is 13.7 Å². The van der Waals surface area contributed by atoms with E-state index in [9.17, 15) is 14.9 Å². The molecule has 3 aromatic rings. The minimum atomic E-state index is -0.414. The molecule has 1 heterocycles. The number of non-ortho nitro benzene ring substituents is 1. The zero-order valence-corrected chi connectivity index (χ0v) is 15.0. The van der Waals surface area contributed by atoms with Gasteiger partial charge < -0.3 is 4.42 Å². The van der Waals surface area contributed by atoms with Crippen LogP contribution >= 0.6 is 22.6 Å². The van der Waals surface area contributed by atoms with E-state index >= 15 is 0 Å². The summed E-state index contributed by atoms with van der Waals surface area (Å²) in [5.74, 6) is -0.114. The molecule has 1 atom stereocenters. The lowest BCUT2D eigenvalue weighted by molar-refractivity contribution is -0.384. The standard InChI is InChI=1S/C18H14INO4/c1-2-14(11-4-3-5-13(8-11)20(22)23)16-10-18(21)24-17-9-12(19)6-7-15(16)17/h3-10,14H,2H2,1H3. The van der Waals surface area contributed by atoms with Crippen molar-refractivity contribution in [2.24, 2.45) is 0 Å². The summed E-state index contributed by atoms with van der Waals surface area (Å²) in [4.78, 5) is 22.6. The van der Waals surface area contributed by atoms with Crippen LogP contribution in [0.25, 0.3) is 11.0 Å². The first-order chi connectivity index (χ1) is 11.5. The van der Waals surface area contributed by atoms with Gasteiger partial charge in [0.15, 0.2) is 0 Å². The van der Waals surface area contributed by atoms with E-state index in [-0.39, 0.29) is 11.6 Å². The molecule has 0 aliphatic heterocycles. The molecular weight excluding hydrogens is 421 g/mol. The van der Waals surface area contributed by atoms with Gasteiger partial charge in [-0.1, -0.05) is 19.1 Å². The van der Waals surface area contributed by atoms with Crippen molar-refractivity contribution < 1.29 is 9.34 Å². The van der Waals surface area contributed by atoms with E-state index in [1.807, 2.05) is 31.2 Å². The van der Waals surface area contributed by atoms with Gasteiger partial charge in [-0.2, -0.15) is 0 Å². The molecule has 0 spiro atoms. The summed E-state index contributed by atoms with van der Waals surface area (Å²) >= 11 is 2.16. The van der Waals surface area contributed by atoms with Crippen LogP contribution in [0.15, 0.2) is 57.7 Å². The van der Waals surface area contributed by atoms with E-state index < -0.39 is 10.5 Å². The van der Waals surface area contributed by atoms with Crippen molar-refractivity contribution in [1.82, 2.24) is 0 Å². The second-order valence-electron chi connectivity index (χ2n) is 5.47. The lowest BCUT2D eigenvalue weighted by atomic mass is 9.87. The molecule has 0 radical (unpaired) electrons. The smallest absolute Gasteiger partial charge is 0.336 e. The molecule has 0 aliphatic carbocycles. The quantitative estimate of drug-likeness (QED) is 0.254. The van der Waals surface area contributed by atoms with Crippen LogP contribution in [0.3, 0.4) is 0 Å². The molecular formula is C18H14INO4. The first-order valence-corrected chi connectivity index (χ1v) is 8.55. The highest BCUT2D eigenvalue weighted by Gasteiger charge is 2.19. The molecule has 24 heavy (non-hydrogen) atoms. The van der Waals surface area contributed by atoms with Crippen LogP contribution in [-0.2, 0) is 0 Å². The first kappa shape index (κ1) is 16.6. The summed E-state index contributed by atoms with van der Waals surface area (Å²) in [6.45, 7) is 2.00. The van der Waals surface area contributed by atoms with Gasteiger partial charge >= 0.3 is 5.63 Å². The number of nitro benzene ring substituents is 1. The zero-order valence-electron chi connectivity index (χ0n) is 12.9. The molecule has 1 aromatic heterocycles. The fraction of sp³-hybridized carbons (Fsp3) is 0.167. The zero-order chi connectivity index (χ0) is 17.3. The van der Waals surface area contributed by atoms with E-state index in [0.29, 0.717) is 12.0 Å². The third-order valence-corrected chi connectivity index (χ3v) is 4.68. The number of nitro groups is 1. The van der Waals surface area contributed by atoms with Gasteiger partial charge in [0, 0.05) is 33.1 Å². The summed E-state index contributed by atoms with van der Waals surface area (Å²) in [7, 11) is 0. The van der Waals surface area contributed by atoms with Crippen molar-refractivity contribution in [2.75, 3.05) is 0 Å². The Bertz CT molecular complexity index is 980.